The molecule has 1 unspecified atom stereocenters. The van der Waals surface area contributed by atoms with Crippen molar-refractivity contribution in [2.45, 2.75) is 65.0 Å². The van der Waals surface area contributed by atoms with Crippen LogP contribution in [0.5, 0.6) is 0 Å². The molecule has 6 heteroatoms. The highest BCUT2D eigenvalue weighted by atomic mass is 16.1. The van der Waals surface area contributed by atoms with Crippen LogP contribution in [0.3, 0.4) is 0 Å². The monoisotopic (exact) mass is 375 g/mol. The lowest BCUT2D eigenvalue weighted by molar-refractivity contribution is 0.147. The van der Waals surface area contributed by atoms with E-state index < -0.39 is 0 Å². The first-order valence-corrected chi connectivity index (χ1v) is 10.5. The predicted molar refractivity (Wildman–Crippen MR) is 114 cm³/mol. The maximum atomic E-state index is 11.9. The van der Waals surface area contributed by atoms with Crippen LogP contribution in [0.25, 0.3) is 0 Å². The molecular weight excluding hydrogens is 338 g/mol. The topological polar surface area (TPSA) is 61.7 Å². The summed E-state index contributed by atoms with van der Waals surface area (Å²) in [5, 5.41) is 6.81. The van der Waals surface area contributed by atoms with E-state index in [1.165, 1.54) is 32.2 Å². The molecule has 2 heterocycles. The molecule has 0 amide bonds. The molecule has 6 nitrogen and oxygen atoms in total. The Balaban J connectivity index is 1.62. The number of pyridine rings is 1. The van der Waals surface area contributed by atoms with E-state index in [0.29, 0.717) is 0 Å². The molecule has 0 saturated carbocycles. The molecule has 0 spiro atoms. The van der Waals surface area contributed by atoms with Gasteiger partial charge < -0.3 is 15.2 Å². The van der Waals surface area contributed by atoms with Gasteiger partial charge in [0, 0.05) is 51.0 Å². The fraction of sp³-hybridized carbons (Fsp3) is 0.714. The van der Waals surface area contributed by atoms with Gasteiger partial charge in [0.1, 0.15) is 0 Å². The minimum atomic E-state index is 0.0866. The number of nitrogens with zero attached hydrogens (tertiary/aromatic N) is 3. The molecule has 1 aliphatic heterocycles. The second-order valence-corrected chi connectivity index (χ2v) is 7.38. The van der Waals surface area contributed by atoms with Gasteiger partial charge in [-0.05, 0) is 51.6 Å². The van der Waals surface area contributed by atoms with Gasteiger partial charge in [-0.1, -0.05) is 19.4 Å². The van der Waals surface area contributed by atoms with E-state index in [2.05, 4.69) is 27.4 Å². The van der Waals surface area contributed by atoms with Crippen LogP contribution in [0.4, 0.5) is 0 Å². The summed E-state index contributed by atoms with van der Waals surface area (Å²) in [6, 6.07) is 6.18. The summed E-state index contributed by atoms with van der Waals surface area (Å²) in [5.74, 6) is 0.869. The van der Waals surface area contributed by atoms with Gasteiger partial charge in [-0.2, -0.15) is 0 Å². The second kappa shape index (κ2) is 11.8. The van der Waals surface area contributed by atoms with Crippen molar-refractivity contribution < 1.29 is 0 Å². The van der Waals surface area contributed by atoms with Crippen molar-refractivity contribution in [1.29, 1.82) is 0 Å². The number of aromatic nitrogens is 1. The van der Waals surface area contributed by atoms with Gasteiger partial charge in [0.05, 0.1) is 0 Å². The third-order valence-corrected chi connectivity index (χ3v) is 5.50. The summed E-state index contributed by atoms with van der Waals surface area (Å²) in [6.45, 7) is 9.14. The summed E-state index contributed by atoms with van der Waals surface area (Å²) in [7, 11) is 1.82. The molecule has 0 radical (unpaired) electrons. The number of rotatable bonds is 9. The summed E-state index contributed by atoms with van der Waals surface area (Å²) < 4.78 is 1.84. The fourth-order valence-electron chi connectivity index (χ4n) is 3.87. The standard InChI is InChI=1S/C21H37N5O/c1-4-19-11-5-7-15-25(19)17-14-24-21(22-3)23-13-6-8-16-26-18(2)10-9-12-20(26)27/h9-10,12,19H,4-8,11,13-17H2,1-3H3,(H2,22,23,24). The highest BCUT2D eigenvalue weighted by molar-refractivity contribution is 5.79. The molecule has 0 aliphatic carbocycles. The summed E-state index contributed by atoms with van der Waals surface area (Å²) >= 11 is 0. The minimum absolute atomic E-state index is 0.0866. The lowest BCUT2D eigenvalue weighted by Crippen LogP contribution is -2.46. The lowest BCUT2D eigenvalue weighted by Gasteiger charge is -2.35. The first-order valence-electron chi connectivity index (χ1n) is 10.5. The zero-order chi connectivity index (χ0) is 19.5. The van der Waals surface area contributed by atoms with Gasteiger partial charge in [-0.25, -0.2) is 0 Å². The summed E-state index contributed by atoms with van der Waals surface area (Å²) in [6.07, 6.45) is 7.27. The van der Waals surface area contributed by atoms with Crippen LogP contribution in [-0.2, 0) is 6.54 Å². The predicted octanol–water partition coefficient (Wildman–Crippen LogP) is 2.37. The molecule has 1 aromatic heterocycles. The summed E-state index contributed by atoms with van der Waals surface area (Å²) in [5.41, 5.74) is 1.11. The maximum Gasteiger partial charge on any atom is 0.250 e. The zero-order valence-electron chi connectivity index (χ0n) is 17.3. The van der Waals surface area contributed by atoms with E-state index in [-0.39, 0.29) is 5.56 Å². The van der Waals surface area contributed by atoms with Crippen molar-refractivity contribution in [1.82, 2.24) is 20.1 Å². The Morgan fingerprint density at radius 1 is 1.19 bits per heavy atom. The van der Waals surface area contributed by atoms with Crippen LogP contribution in [0.15, 0.2) is 28.0 Å². The molecule has 1 fully saturated rings. The van der Waals surface area contributed by atoms with E-state index in [4.69, 9.17) is 0 Å². The summed E-state index contributed by atoms with van der Waals surface area (Å²) in [4.78, 5) is 18.8. The molecule has 1 saturated heterocycles. The normalized spacial score (nSPS) is 18.5. The van der Waals surface area contributed by atoms with Gasteiger partial charge in [0.2, 0.25) is 0 Å². The highest BCUT2D eigenvalue weighted by Crippen LogP contribution is 2.18. The van der Waals surface area contributed by atoms with E-state index in [1.54, 1.807) is 6.07 Å². The first-order chi connectivity index (χ1) is 13.2. The Morgan fingerprint density at radius 3 is 2.74 bits per heavy atom. The molecule has 2 rings (SSSR count). The molecule has 27 heavy (non-hydrogen) atoms. The molecule has 0 bridgehead atoms. The maximum absolute atomic E-state index is 11.9. The second-order valence-electron chi connectivity index (χ2n) is 7.38. The quantitative estimate of drug-likeness (QED) is 0.395. The minimum Gasteiger partial charge on any atom is -0.356 e. The Kier molecular flexibility index (Phi) is 9.39. The van der Waals surface area contributed by atoms with Crippen LogP contribution in [0.2, 0.25) is 0 Å². The number of guanidine groups is 1. The van der Waals surface area contributed by atoms with Gasteiger partial charge in [0.15, 0.2) is 5.96 Å². The SMILES string of the molecule is CCC1CCCCN1CCNC(=NC)NCCCCn1c(C)cccc1=O. The number of hydrogen-bond acceptors (Lipinski definition) is 3. The molecule has 152 valence electrons. The van der Waals surface area contributed by atoms with Crippen LogP contribution < -0.4 is 16.2 Å². The Morgan fingerprint density at radius 2 is 2.00 bits per heavy atom. The Bertz CT molecular complexity index is 640. The van der Waals surface area contributed by atoms with Crippen molar-refractivity contribution in [2.24, 2.45) is 4.99 Å². The zero-order valence-corrected chi connectivity index (χ0v) is 17.3. The van der Waals surface area contributed by atoms with Crippen LogP contribution in [0, 0.1) is 6.92 Å². The van der Waals surface area contributed by atoms with Crippen LogP contribution in [0.1, 0.15) is 51.1 Å². The van der Waals surface area contributed by atoms with Gasteiger partial charge in [0.25, 0.3) is 5.56 Å². The van der Waals surface area contributed by atoms with Crippen LogP contribution in [-0.4, -0.2) is 54.7 Å². The van der Waals surface area contributed by atoms with E-state index in [1.807, 2.05) is 30.7 Å². The Hall–Kier alpha value is -1.82. The number of unbranched alkanes of at least 4 members (excludes halogenated alkanes) is 1. The van der Waals surface area contributed by atoms with Crippen molar-refractivity contribution in [3.05, 3.63) is 34.2 Å². The average Bonchev–Trinajstić information content (AvgIpc) is 2.68. The number of nitrogens with one attached hydrogen (secondary N) is 2. The molecule has 1 aliphatic rings. The molecular formula is C21H37N5O. The van der Waals surface area contributed by atoms with Crippen LogP contribution >= 0.6 is 0 Å². The van der Waals surface area contributed by atoms with Crippen molar-refractivity contribution in [3.8, 4) is 0 Å². The number of hydrogen-bond donors (Lipinski definition) is 2. The van der Waals surface area contributed by atoms with Crippen molar-refractivity contribution in [3.63, 3.8) is 0 Å². The molecule has 0 aromatic carbocycles. The third-order valence-electron chi connectivity index (χ3n) is 5.50. The number of piperidine rings is 1. The van der Waals surface area contributed by atoms with E-state index in [0.717, 1.165) is 56.7 Å². The van der Waals surface area contributed by atoms with Crippen molar-refractivity contribution >= 4 is 5.96 Å². The molecule has 1 aromatic rings. The number of aliphatic imine (C=N–C) groups is 1. The third kappa shape index (κ3) is 7.01. The number of likely N-dealkylation sites (tertiary alicyclic amines) is 1. The number of aryl methyl sites for hydroxylation is 1. The van der Waals surface area contributed by atoms with Gasteiger partial charge >= 0.3 is 0 Å². The van der Waals surface area contributed by atoms with Gasteiger partial charge in [-0.3, -0.25) is 14.7 Å². The largest absolute Gasteiger partial charge is 0.356 e. The van der Waals surface area contributed by atoms with E-state index in [9.17, 15) is 4.79 Å². The van der Waals surface area contributed by atoms with Gasteiger partial charge in [-0.15, -0.1) is 0 Å². The molecule has 2 N–H and O–H groups in total. The smallest absolute Gasteiger partial charge is 0.250 e. The Labute approximate surface area is 164 Å². The molecule has 1 atom stereocenters. The van der Waals surface area contributed by atoms with Crippen molar-refractivity contribution in [2.75, 3.05) is 33.2 Å². The lowest BCUT2D eigenvalue weighted by atomic mass is 10.0. The average molecular weight is 376 g/mol. The highest BCUT2D eigenvalue weighted by Gasteiger charge is 2.19. The first kappa shape index (κ1) is 21.5. The fourth-order valence-corrected chi connectivity index (χ4v) is 3.87. The van der Waals surface area contributed by atoms with E-state index >= 15 is 0 Å².